The van der Waals surface area contributed by atoms with E-state index in [0.717, 1.165) is 6.54 Å². The molecule has 3 rings (SSSR count). The molecule has 1 heterocycles. The Morgan fingerprint density at radius 1 is 0.875 bits per heavy atom. The van der Waals surface area contributed by atoms with E-state index in [1.165, 1.54) is 22.6 Å². The molecule has 0 aromatic heterocycles. The Morgan fingerprint density at radius 3 is 2.44 bits per heavy atom. The third-order valence-corrected chi connectivity index (χ3v) is 2.79. The second kappa shape index (κ2) is 4.56. The number of hydrogen-bond donors (Lipinski definition) is 2. The van der Waals surface area contributed by atoms with Crippen LogP contribution < -0.4 is 23.0 Å². The number of halogens is 1. The maximum atomic E-state index is 3.47. The van der Waals surface area contributed by atoms with Crippen LogP contribution in [0.4, 0.5) is 17.1 Å². The number of quaternary nitrogens is 1. The number of fused-ring (bicyclic) bond motifs is 2. The topological polar surface area (TPSA) is 28.6 Å². The minimum atomic E-state index is 0. The molecule has 0 saturated carbocycles. The zero-order chi connectivity index (χ0) is 10.1. The second-order valence-corrected chi connectivity index (χ2v) is 3.78. The van der Waals surface area contributed by atoms with Gasteiger partial charge in [-0.05, 0) is 12.1 Å². The Hall–Kier alpha value is -1.51. The molecule has 1 aliphatic rings. The second-order valence-electron chi connectivity index (χ2n) is 3.78. The monoisotopic (exact) mass is 232 g/mol. The summed E-state index contributed by atoms with van der Waals surface area (Å²) < 4.78 is 0. The SMILES string of the molecule is [Cl-].c1ccc2c(c1)C[NH2+]c1ccccc1N2. The van der Waals surface area contributed by atoms with Crippen molar-refractivity contribution >= 4 is 17.1 Å². The van der Waals surface area contributed by atoms with Crippen molar-refractivity contribution in [2.45, 2.75) is 6.54 Å². The molecule has 2 aromatic carbocycles. The van der Waals surface area contributed by atoms with Crippen LogP contribution in [-0.4, -0.2) is 0 Å². The first kappa shape index (κ1) is 11.0. The van der Waals surface area contributed by atoms with E-state index in [1.54, 1.807) is 0 Å². The van der Waals surface area contributed by atoms with E-state index in [9.17, 15) is 0 Å². The van der Waals surface area contributed by atoms with E-state index in [1.807, 2.05) is 0 Å². The van der Waals surface area contributed by atoms with Crippen molar-refractivity contribution in [2.24, 2.45) is 0 Å². The Balaban J connectivity index is 0.000000963. The molecule has 3 N–H and O–H groups in total. The summed E-state index contributed by atoms with van der Waals surface area (Å²) in [6.07, 6.45) is 0. The fourth-order valence-electron chi connectivity index (χ4n) is 1.97. The zero-order valence-corrected chi connectivity index (χ0v) is 9.54. The van der Waals surface area contributed by atoms with Crippen molar-refractivity contribution in [1.82, 2.24) is 0 Å². The van der Waals surface area contributed by atoms with Gasteiger partial charge in [-0.3, -0.25) is 0 Å². The predicted octanol–water partition coefficient (Wildman–Crippen LogP) is -0.857. The maximum absolute atomic E-state index is 3.47. The molecule has 0 unspecified atom stereocenters. The van der Waals surface area contributed by atoms with Crippen LogP contribution in [0.2, 0.25) is 0 Å². The quantitative estimate of drug-likeness (QED) is 0.569. The molecule has 0 fully saturated rings. The van der Waals surface area contributed by atoms with Crippen LogP contribution in [0, 0.1) is 0 Å². The average molecular weight is 233 g/mol. The first-order chi connectivity index (χ1) is 7.43. The lowest BCUT2D eigenvalue weighted by molar-refractivity contribution is -0.587. The molecule has 0 saturated heterocycles. The summed E-state index contributed by atoms with van der Waals surface area (Å²) in [6, 6.07) is 16.9. The van der Waals surface area contributed by atoms with Crippen LogP contribution in [0.25, 0.3) is 0 Å². The molecule has 0 bridgehead atoms. The molecule has 82 valence electrons. The molecule has 2 nitrogen and oxygen atoms in total. The van der Waals surface area contributed by atoms with Gasteiger partial charge in [0, 0.05) is 17.3 Å². The van der Waals surface area contributed by atoms with E-state index in [2.05, 4.69) is 59.2 Å². The van der Waals surface area contributed by atoms with Gasteiger partial charge in [0.15, 0.2) is 5.69 Å². The summed E-state index contributed by atoms with van der Waals surface area (Å²) in [7, 11) is 0. The van der Waals surface area contributed by atoms with Crippen molar-refractivity contribution in [3.63, 3.8) is 0 Å². The Labute approximate surface area is 101 Å². The van der Waals surface area contributed by atoms with Crippen LogP contribution >= 0.6 is 0 Å². The molecule has 0 amide bonds. The van der Waals surface area contributed by atoms with Gasteiger partial charge in [0.1, 0.15) is 12.2 Å². The highest BCUT2D eigenvalue weighted by Gasteiger charge is 2.13. The van der Waals surface area contributed by atoms with Crippen molar-refractivity contribution in [2.75, 3.05) is 5.32 Å². The number of para-hydroxylation sites is 3. The van der Waals surface area contributed by atoms with Crippen molar-refractivity contribution < 1.29 is 17.7 Å². The fraction of sp³-hybridized carbons (Fsp3) is 0.0769. The molecule has 1 aliphatic heterocycles. The standard InChI is InChI=1S/C13H12N2.ClH/c1-2-6-11-10(5-1)9-14-12-7-3-4-8-13(12)15-11;/h1-8,14-15H,9H2;1H. The molecular formula is C13H13ClN2. The number of hydrogen-bond acceptors (Lipinski definition) is 1. The first-order valence-electron chi connectivity index (χ1n) is 5.21. The molecule has 2 aromatic rings. The highest BCUT2D eigenvalue weighted by molar-refractivity contribution is 5.71. The van der Waals surface area contributed by atoms with Crippen LogP contribution in [0.3, 0.4) is 0 Å². The highest BCUT2D eigenvalue weighted by Crippen LogP contribution is 2.26. The molecule has 16 heavy (non-hydrogen) atoms. The minimum Gasteiger partial charge on any atom is -1.00 e. The number of benzene rings is 2. The third-order valence-electron chi connectivity index (χ3n) is 2.79. The largest absolute Gasteiger partial charge is 1.00 e. The summed E-state index contributed by atoms with van der Waals surface area (Å²) in [5.74, 6) is 0. The van der Waals surface area contributed by atoms with Gasteiger partial charge < -0.3 is 23.0 Å². The number of nitrogens with one attached hydrogen (secondary N) is 1. The number of nitrogens with two attached hydrogens (primary N) is 1. The molecule has 0 atom stereocenters. The van der Waals surface area contributed by atoms with E-state index in [4.69, 9.17) is 0 Å². The Bertz CT molecular complexity index is 451. The van der Waals surface area contributed by atoms with Gasteiger partial charge in [0.05, 0.1) is 0 Å². The summed E-state index contributed by atoms with van der Waals surface area (Å²) >= 11 is 0. The lowest BCUT2D eigenvalue weighted by Crippen LogP contribution is -3.00. The Kier molecular flexibility index (Phi) is 3.13. The first-order valence-corrected chi connectivity index (χ1v) is 5.21. The van der Waals surface area contributed by atoms with Crippen LogP contribution in [0.5, 0.6) is 0 Å². The van der Waals surface area contributed by atoms with Crippen LogP contribution in [-0.2, 0) is 6.54 Å². The molecular weight excluding hydrogens is 220 g/mol. The highest BCUT2D eigenvalue weighted by atomic mass is 35.5. The van der Waals surface area contributed by atoms with E-state index in [0.29, 0.717) is 0 Å². The van der Waals surface area contributed by atoms with E-state index in [-0.39, 0.29) is 12.4 Å². The lowest BCUT2D eigenvalue weighted by atomic mass is 10.2. The number of anilines is 2. The van der Waals surface area contributed by atoms with Crippen LogP contribution in [0.1, 0.15) is 5.56 Å². The van der Waals surface area contributed by atoms with Crippen molar-refractivity contribution in [3.05, 3.63) is 54.1 Å². The van der Waals surface area contributed by atoms with E-state index < -0.39 is 0 Å². The Morgan fingerprint density at radius 2 is 1.56 bits per heavy atom. The maximum Gasteiger partial charge on any atom is 0.153 e. The summed E-state index contributed by atoms with van der Waals surface area (Å²) in [4.78, 5) is 0. The third kappa shape index (κ3) is 1.90. The smallest absolute Gasteiger partial charge is 0.153 e. The normalized spacial score (nSPS) is 12.5. The van der Waals surface area contributed by atoms with Gasteiger partial charge in [-0.25, -0.2) is 0 Å². The molecule has 0 radical (unpaired) electrons. The van der Waals surface area contributed by atoms with Gasteiger partial charge in [0.25, 0.3) is 0 Å². The number of rotatable bonds is 0. The molecule has 3 heteroatoms. The summed E-state index contributed by atoms with van der Waals surface area (Å²) in [6.45, 7) is 1.00. The van der Waals surface area contributed by atoms with Gasteiger partial charge in [-0.2, -0.15) is 0 Å². The lowest BCUT2D eigenvalue weighted by Gasteiger charge is -2.05. The predicted molar refractivity (Wildman–Crippen MR) is 61.5 cm³/mol. The molecule has 0 aliphatic carbocycles. The minimum absolute atomic E-state index is 0. The summed E-state index contributed by atoms with van der Waals surface area (Å²) in [5, 5.41) is 5.74. The molecule has 0 spiro atoms. The van der Waals surface area contributed by atoms with Gasteiger partial charge >= 0.3 is 0 Å². The van der Waals surface area contributed by atoms with Gasteiger partial charge in [-0.15, -0.1) is 0 Å². The van der Waals surface area contributed by atoms with Gasteiger partial charge in [-0.1, -0.05) is 30.3 Å². The van der Waals surface area contributed by atoms with Crippen molar-refractivity contribution in [3.8, 4) is 0 Å². The van der Waals surface area contributed by atoms with Crippen molar-refractivity contribution in [1.29, 1.82) is 0 Å². The van der Waals surface area contributed by atoms with Crippen LogP contribution in [0.15, 0.2) is 48.5 Å². The van der Waals surface area contributed by atoms with E-state index >= 15 is 0 Å². The zero-order valence-electron chi connectivity index (χ0n) is 8.78. The average Bonchev–Trinajstić information content (AvgIpc) is 2.48. The summed E-state index contributed by atoms with van der Waals surface area (Å²) in [5.41, 5.74) is 5.06. The fourth-order valence-corrected chi connectivity index (χ4v) is 1.97. The van der Waals surface area contributed by atoms with Gasteiger partial charge in [0.2, 0.25) is 0 Å².